The number of rotatable bonds is 4. The molecule has 2 rings (SSSR count). The number of hydrogen-bond acceptors (Lipinski definition) is 4. The zero-order valence-corrected chi connectivity index (χ0v) is 13.0. The smallest absolute Gasteiger partial charge is 0.193 e. The molecule has 1 aromatic rings. The van der Waals surface area contributed by atoms with Crippen molar-refractivity contribution in [2.75, 3.05) is 39.1 Å². The van der Waals surface area contributed by atoms with Gasteiger partial charge in [-0.2, -0.15) is 0 Å². The Morgan fingerprint density at radius 3 is 2.95 bits per heavy atom. The van der Waals surface area contributed by atoms with E-state index < -0.39 is 5.60 Å². The lowest BCUT2D eigenvalue weighted by Gasteiger charge is -2.20. The Kier molecular flexibility index (Phi) is 4.92. The third-order valence-electron chi connectivity index (χ3n) is 3.49. The molecule has 6 nitrogen and oxygen atoms in total. The minimum absolute atomic E-state index is 0.249. The average Bonchev–Trinajstić information content (AvgIpc) is 2.77. The number of ether oxygens (including phenoxy) is 1. The highest BCUT2D eigenvalue weighted by Gasteiger charge is 2.34. The van der Waals surface area contributed by atoms with Gasteiger partial charge in [0, 0.05) is 18.8 Å². The number of guanidine groups is 1. The monoisotopic (exact) mass is 312 g/mol. The number of methoxy groups -OCH3 is 1. The zero-order valence-electron chi connectivity index (χ0n) is 12.3. The average molecular weight is 313 g/mol. The normalized spacial score (nSPS) is 23.3. The zero-order chi connectivity index (χ0) is 15.5. The molecule has 0 radical (unpaired) electrons. The lowest BCUT2D eigenvalue weighted by molar-refractivity contribution is 0.0615. The number of aliphatic hydroxyl groups is 1. The first-order valence-electron chi connectivity index (χ1n) is 6.73. The summed E-state index contributed by atoms with van der Waals surface area (Å²) in [6.07, 6.45) is 0.703. The van der Waals surface area contributed by atoms with E-state index in [9.17, 15) is 5.11 Å². The van der Waals surface area contributed by atoms with Crippen LogP contribution in [0.4, 0.5) is 5.69 Å². The third-order valence-corrected chi connectivity index (χ3v) is 3.79. The van der Waals surface area contributed by atoms with Crippen molar-refractivity contribution < 1.29 is 9.84 Å². The SMILES string of the molecule is COc1ccc(NC(N)=NCC2(O)CCN(C)C2)cc1Cl. The minimum atomic E-state index is -0.793. The van der Waals surface area contributed by atoms with Crippen LogP contribution in [0.2, 0.25) is 5.02 Å². The quantitative estimate of drug-likeness (QED) is 0.574. The maximum atomic E-state index is 10.3. The van der Waals surface area contributed by atoms with Crippen molar-refractivity contribution >= 4 is 23.2 Å². The summed E-state index contributed by atoms with van der Waals surface area (Å²) in [5.74, 6) is 0.847. The molecule has 21 heavy (non-hydrogen) atoms. The summed E-state index contributed by atoms with van der Waals surface area (Å²) in [6.45, 7) is 1.76. The van der Waals surface area contributed by atoms with E-state index in [0.717, 1.165) is 12.2 Å². The molecule has 0 saturated carbocycles. The van der Waals surface area contributed by atoms with E-state index in [1.165, 1.54) is 0 Å². The first-order chi connectivity index (χ1) is 9.92. The lowest BCUT2D eigenvalue weighted by atomic mass is 10.0. The maximum absolute atomic E-state index is 10.3. The predicted molar refractivity (Wildman–Crippen MR) is 85.2 cm³/mol. The van der Waals surface area contributed by atoms with Crippen molar-refractivity contribution in [3.63, 3.8) is 0 Å². The van der Waals surface area contributed by atoms with Crippen molar-refractivity contribution in [3.05, 3.63) is 23.2 Å². The van der Waals surface area contributed by atoms with Crippen molar-refractivity contribution in [1.29, 1.82) is 0 Å². The number of halogens is 1. The number of likely N-dealkylation sites (tertiary alicyclic amines) is 1. The molecule has 1 aliphatic rings. The molecule has 1 fully saturated rings. The van der Waals surface area contributed by atoms with Crippen molar-refractivity contribution in [1.82, 2.24) is 4.90 Å². The van der Waals surface area contributed by atoms with Crippen LogP contribution in [0.15, 0.2) is 23.2 Å². The molecule has 0 amide bonds. The van der Waals surface area contributed by atoms with Gasteiger partial charge in [-0.1, -0.05) is 11.6 Å². The molecule has 4 N–H and O–H groups in total. The predicted octanol–water partition coefficient (Wildman–Crippen LogP) is 1.14. The highest BCUT2D eigenvalue weighted by atomic mass is 35.5. The fraction of sp³-hybridized carbons (Fsp3) is 0.500. The van der Waals surface area contributed by atoms with Gasteiger partial charge in [0.15, 0.2) is 5.96 Å². The van der Waals surface area contributed by atoms with Gasteiger partial charge in [0.05, 0.1) is 24.3 Å². The van der Waals surface area contributed by atoms with Gasteiger partial charge in [-0.15, -0.1) is 0 Å². The van der Waals surface area contributed by atoms with Gasteiger partial charge in [-0.3, -0.25) is 4.99 Å². The van der Waals surface area contributed by atoms with Gasteiger partial charge in [0.2, 0.25) is 0 Å². The van der Waals surface area contributed by atoms with Crippen LogP contribution < -0.4 is 15.8 Å². The second-order valence-electron chi connectivity index (χ2n) is 5.39. The summed E-state index contributed by atoms with van der Waals surface area (Å²) in [7, 11) is 3.53. The van der Waals surface area contributed by atoms with Crippen LogP contribution in [0.3, 0.4) is 0 Å². The van der Waals surface area contributed by atoms with Crippen LogP contribution in [-0.2, 0) is 0 Å². The Balaban J connectivity index is 1.96. The van der Waals surface area contributed by atoms with Crippen LogP contribution >= 0.6 is 11.6 Å². The second kappa shape index (κ2) is 6.51. The van der Waals surface area contributed by atoms with E-state index in [1.54, 1.807) is 25.3 Å². The molecule has 0 aromatic heterocycles. The number of nitrogens with one attached hydrogen (secondary N) is 1. The number of nitrogens with zero attached hydrogens (tertiary/aromatic N) is 2. The van der Waals surface area contributed by atoms with Gasteiger partial charge in [-0.05, 0) is 31.7 Å². The van der Waals surface area contributed by atoms with Crippen LogP contribution in [0.25, 0.3) is 0 Å². The Hall–Kier alpha value is -1.50. The van der Waals surface area contributed by atoms with E-state index in [4.69, 9.17) is 22.1 Å². The van der Waals surface area contributed by atoms with Crippen LogP contribution in [-0.4, -0.2) is 55.4 Å². The Morgan fingerprint density at radius 2 is 2.38 bits per heavy atom. The van der Waals surface area contributed by atoms with Gasteiger partial charge < -0.3 is 25.8 Å². The largest absolute Gasteiger partial charge is 0.495 e. The summed E-state index contributed by atoms with van der Waals surface area (Å²) in [5.41, 5.74) is 5.76. The summed E-state index contributed by atoms with van der Waals surface area (Å²) in [4.78, 5) is 6.28. The van der Waals surface area contributed by atoms with Gasteiger partial charge in [-0.25, -0.2) is 0 Å². The second-order valence-corrected chi connectivity index (χ2v) is 5.80. The molecule has 116 valence electrons. The molecule has 1 unspecified atom stereocenters. The molecule has 0 aliphatic carbocycles. The molecule has 1 atom stereocenters. The first-order valence-corrected chi connectivity index (χ1v) is 7.11. The van der Waals surface area contributed by atoms with E-state index in [1.807, 2.05) is 7.05 Å². The summed E-state index contributed by atoms with van der Waals surface area (Å²) in [5, 5.41) is 13.8. The fourth-order valence-corrected chi connectivity index (χ4v) is 2.61. The number of hydrogen-bond donors (Lipinski definition) is 3. The Labute approximate surface area is 129 Å². The number of anilines is 1. The molecule has 1 heterocycles. The van der Waals surface area contributed by atoms with Gasteiger partial charge in [0.25, 0.3) is 0 Å². The molecular weight excluding hydrogens is 292 g/mol. The van der Waals surface area contributed by atoms with E-state index in [0.29, 0.717) is 23.7 Å². The van der Waals surface area contributed by atoms with E-state index in [-0.39, 0.29) is 12.5 Å². The highest BCUT2D eigenvalue weighted by molar-refractivity contribution is 6.32. The van der Waals surface area contributed by atoms with Gasteiger partial charge in [0.1, 0.15) is 5.75 Å². The molecule has 0 bridgehead atoms. The third kappa shape index (κ3) is 4.23. The maximum Gasteiger partial charge on any atom is 0.193 e. The molecule has 1 aromatic carbocycles. The van der Waals surface area contributed by atoms with Crippen molar-refractivity contribution in [3.8, 4) is 5.75 Å². The summed E-state index contributed by atoms with van der Waals surface area (Å²) in [6, 6.07) is 5.25. The lowest BCUT2D eigenvalue weighted by Crippen LogP contribution is -2.36. The van der Waals surface area contributed by atoms with Crippen molar-refractivity contribution in [2.45, 2.75) is 12.0 Å². The highest BCUT2D eigenvalue weighted by Crippen LogP contribution is 2.27. The summed E-state index contributed by atoms with van der Waals surface area (Å²) >= 11 is 6.04. The van der Waals surface area contributed by atoms with E-state index >= 15 is 0 Å². The first kappa shape index (κ1) is 15.9. The van der Waals surface area contributed by atoms with Crippen LogP contribution in [0, 0.1) is 0 Å². The Bertz CT molecular complexity index is 538. The van der Waals surface area contributed by atoms with Crippen molar-refractivity contribution in [2.24, 2.45) is 10.7 Å². The Morgan fingerprint density at radius 1 is 1.62 bits per heavy atom. The molecule has 7 heteroatoms. The number of aliphatic imine (C=N–C) groups is 1. The topological polar surface area (TPSA) is 83.1 Å². The fourth-order valence-electron chi connectivity index (χ4n) is 2.35. The standard InChI is InChI=1S/C14H21ClN4O2/c1-19-6-5-14(20,9-19)8-17-13(16)18-10-3-4-12(21-2)11(15)7-10/h3-4,7,20H,5-6,8-9H2,1-2H3,(H3,16,17,18). The molecular formula is C14H21ClN4O2. The molecule has 1 aliphatic heterocycles. The van der Waals surface area contributed by atoms with Crippen LogP contribution in [0.1, 0.15) is 6.42 Å². The number of nitrogens with two attached hydrogens (primary N) is 1. The number of β-amino-alcohol motifs (C(OH)–C–C–N with tert-alkyl or cyclic N) is 1. The minimum Gasteiger partial charge on any atom is -0.495 e. The number of benzene rings is 1. The summed E-state index contributed by atoms with van der Waals surface area (Å²) < 4.78 is 5.08. The van der Waals surface area contributed by atoms with E-state index in [2.05, 4.69) is 15.2 Å². The van der Waals surface area contributed by atoms with Crippen LogP contribution in [0.5, 0.6) is 5.75 Å². The van der Waals surface area contributed by atoms with Gasteiger partial charge >= 0.3 is 0 Å². The molecule has 1 saturated heterocycles. The molecule has 0 spiro atoms. The number of likely N-dealkylation sites (N-methyl/N-ethyl adjacent to an activating group) is 1.